The molecule has 0 saturated carbocycles. The van der Waals surface area contributed by atoms with E-state index in [1.165, 1.54) is 5.56 Å². The maximum absolute atomic E-state index is 11.5. The number of fused-ring (bicyclic) bond motifs is 1. The number of benzene rings is 1. The van der Waals surface area contributed by atoms with Crippen LogP contribution in [0.25, 0.3) is 10.9 Å². The second-order valence-corrected chi connectivity index (χ2v) is 9.57. The fourth-order valence-corrected chi connectivity index (χ4v) is 5.02. The minimum Gasteiger partial charge on any atom is -0.494 e. The third-order valence-corrected chi connectivity index (χ3v) is 6.59. The molecule has 2 aliphatic heterocycles. The predicted octanol–water partition coefficient (Wildman–Crippen LogP) is 4.80. The van der Waals surface area contributed by atoms with Gasteiger partial charge in [0.2, 0.25) is 5.88 Å². The molecule has 1 aromatic heterocycles. The SMILES string of the molecule is CC(C)Cc1ccc2c(c1)c(C1=NCCN(C(C)C)CC1)c(O)n2C1CCOCC1. The van der Waals surface area contributed by atoms with Crippen molar-refractivity contribution >= 4 is 16.6 Å². The Bertz CT molecular complexity index is 907. The second-order valence-electron chi connectivity index (χ2n) is 9.57. The first kappa shape index (κ1) is 21.4. The number of aromatic nitrogens is 1. The van der Waals surface area contributed by atoms with Crippen LogP contribution in [0, 0.1) is 5.92 Å². The molecule has 1 aromatic carbocycles. The lowest BCUT2D eigenvalue weighted by atomic mass is 9.99. The van der Waals surface area contributed by atoms with Crippen molar-refractivity contribution in [2.75, 3.05) is 32.8 Å². The van der Waals surface area contributed by atoms with Gasteiger partial charge in [-0.15, -0.1) is 0 Å². The van der Waals surface area contributed by atoms with E-state index < -0.39 is 0 Å². The molecule has 2 aromatic rings. The number of rotatable bonds is 5. The lowest BCUT2D eigenvalue weighted by molar-refractivity contribution is 0.0688. The van der Waals surface area contributed by atoms with Gasteiger partial charge in [-0.2, -0.15) is 0 Å². The zero-order valence-corrected chi connectivity index (χ0v) is 19.0. The molecule has 0 amide bonds. The van der Waals surface area contributed by atoms with Crippen molar-refractivity contribution in [1.29, 1.82) is 0 Å². The van der Waals surface area contributed by atoms with Gasteiger partial charge in [-0.3, -0.25) is 9.89 Å². The lowest BCUT2D eigenvalue weighted by Gasteiger charge is -2.25. The Kier molecular flexibility index (Phi) is 6.49. The fraction of sp³-hybridized carbons (Fsp3) is 0.640. The van der Waals surface area contributed by atoms with Crippen molar-refractivity contribution < 1.29 is 9.84 Å². The highest BCUT2D eigenvalue weighted by molar-refractivity contribution is 6.13. The number of hydrogen-bond acceptors (Lipinski definition) is 4. The summed E-state index contributed by atoms with van der Waals surface area (Å²) in [5.74, 6) is 1.00. The van der Waals surface area contributed by atoms with Gasteiger partial charge in [0, 0.05) is 55.9 Å². The van der Waals surface area contributed by atoms with Crippen molar-refractivity contribution in [3.05, 3.63) is 29.3 Å². The molecular weight excluding hydrogens is 374 g/mol. The molecule has 4 rings (SSSR count). The van der Waals surface area contributed by atoms with Crippen LogP contribution in [0.4, 0.5) is 0 Å². The van der Waals surface area contributed by atoms with E-state index in [1.54, 1.807) is 0 Å². The minimum atomic E-state index is 0.282. The normalized spacial score (nSPS) is 19.6. The van der Waals surface area contributed by atoms with E-state index in [2.05, 4.69) is 55.4 Å². The van der Waals surface area contributed by atoms with Crippen LogP contribution in [0.3, 0.4) is 0 Å². The molecule has 0 radical (unpaired) electrons. The first-order valence-corrected chi connectivity index (χ1v) is 11.7. The molecule has 164 valence electrons. The van der Waals surface area contributed by atoms with Crippen LogP contribution in [-0.4, -0.2) is 59.2 Å². The van der Waals surface area contributed by atoms with Crippen molar-refractivity contribution in [1.82, 2.24) is 9.47 Å². The van der Waals surface area contributed by atoms with Crippen LogP contribution in [0.1, 0.15) is 64.1 Å². The monoisotopic (exact) mass is 411 g/mol. The number of aromatic hydroxyl groups is 1. The quantitative estimate of drug-likeness (QED) is 0.769. The van der Waals surface area contributed by atoms with E-state index in [0.29, 0.717) is 17.8 Å². The van der Waals surface area contributed by atoms with Crippen molar-refractivity contribution in [3.63, 3.8) is 0 Å². The molecule has 1 fully saturated rings. The summed E-state index contributed by atoms with van der Waals surface area (Å²) in [6.07, 6.45) is 3.81. The number of nitrogens with zero attached hydrogens (tertiary/aromatic N) is 3. The molecule has 0 spiro atoms. The smallest absolute Gasteiger partial charge is 0.201 e. The first-order valence-electron chi connectivity index (χ1n) is 11.7. The Hall–Kier alpha value is -1.85. The molecule has 5 nitrogen and oxygen atoms in total. The van der Waals surface area contributed by atoms with Crippen LogP contribution < -0.4 is 0 Å². The van der Waals surface area contributed by atoms with Crippen molar-refractivity contribution in [2.45, 2.75) is 65.5 Å². The average Bonchev–Trinajstić information content (AvgIpc) is 2.85. The highest BCUT2D eigenvalue weighted by Crippen LogP contribution is 2.39. The molecule has 0 atom stereocenters. The molecule has 0 bridgehead atoms. The van der Waals surface area contributed by atoms with E-state index in [9.17, 15) is 5.11 Å². The molecule has 3 heterocycles. The van der Waals surface area contributed by atoms with E-state index in [0.717, 1.165) is 80.7 Å². The van der Waals surface area contributed by atoms with Crippen LogP contribution >= 0.6 is 0 Å². The summed E-state index contributed by atoms with van der Waals surface area (Å²) in [4.78, 5) is 7.44. The molecule has 1 saturated heterocycles. The summed E-state index contributed by atoms with van der Waals surface area (Å²) in [5, 5.41) is 12.6. The third kappa shape index (κ3) is 4.28. The second kappa shape index (κ2) is 9.11. The van der Waals surface area contributed by atoms with Crippen molar-refractivity contribution in [2.24, 2.45) is 10.9 Å². The van der Waals surface area contributed by atoms with E-state index >= 15 is 0 Å². The zero-order valence-electron chi connectivity index (χ0n) is 19.0. The van der Waals surface area contributed by atoms with Gasteiger partial charge in [0.05, 0.1) is 17.6 Å². The summed E-state index contributed by atoms with van der Waals surface area (Å²) >= 11 is 0. The van der Waals surface area contributed by atoms with Crippen LogP contribution in [0.15, 0.2) is 23.2 Å². The van der Waals surface area contributed by atoms with Gasteiger partial charge in [-0.25, -0.2) is 0 Å². The summed E-state index contributed by atoms with van der Waals surface area (Å²) in [6, 6.07) is 7.55. The van der Waals surface area contributed by atoms with Gasteiger partial charge < -0.3 is 14.4 Å². The lowest BCUT2D eigenvalue weighted by Crippen LogP contribution is -2.33. The molecule has 1 N–H and O–H groups in total. The Balaban J connectivity index is 1.80. The number of aliphatic imine (C=N–C) groups is 1. The average molecular weight is 412 g/mol. The molecule has 30 heavy (non-hydrogen) atoms. The third-order valence-electron chi connectivity index (χ3n) is 6.59. The maximum atomic E-state index is 11.5. The molecule has 0 unspecified atom stereocenters. The maximum Gasteiger partial charge on any atom is 0.201 e. The zero-order chi connectivity index (χ0) is 21.3. The predicted molar refractivity (Wildman–Crippen MR) is 124 cm³/mol. The van der Waals surface area contributed by atoms with Crippen LogP contribution in [0.2, 0.25) is 0 Å². The fourth-order valence-electron chi connectivity index (χ4n) is 5.02. The van der Waals surface area contributed by atoms with Crippen molar-refractivity contribution in [3.8, 4) is 5.88 Å². The molecule has 0 aliphatic carbocycles. The summed E-state index contributed by atoms with van der Waals surface area (Å²) < 4.78 is 7.75. The largest absolute Gasteiger partial charge is 0.494 e. The highest BCUT2D eigenvalue weighted by atomic mass is 16.5. The van der Waals surface area contributed by atoms with E-state index in [1.807, 2.05) is 0 Å². The topological polar surface area (TPSA) is 50.0 Å². The van der Waals surface area contributed by atoms with E-state index in [-0.39, 0.29) is 6.04 Å². The Morgan fingerprint density at radius 2 is 1.90 bits per heavy atom. The van der Waals surface area contributed by atoms with Gasteiger partial charge in [-0.05, 0) is 56.7 Å². The van der Waals surface area contributed by atoms with Crippen LogP contribution in [-0.2, 0) is 11.2 Å². The van der Waals surface area contributed by atoms with Gasteiger partial charge in [-0.1, -0.05) is 19.9 Å². The van der Waals surface area contributed by atoms with Gasteiger partial charge in [0.15, 0.2) is 0 Å². The number of hydrogen-bond donors (Lipinski definition) is 1. The summed E-state index contributed by atoms with van der Waals surface area (Å²) in [6.45, 7) is 13.3. The Labute approximate surface area is 180 Å². The van der Waals surface area contributed by atoms with Gasteiger partial charge in [0.1, 0.15) is 0 Å². The van der Waals surface area contributed by atoms with Gasteiger partial charge in [0.25, 0.3) is 0 Å². The highest BCUT2D eigenvalue weighted by Gasteiger charge is 2.28. The Morgan fingerprint density at radius 3 is 2.60 bits per heavy atom. The first-order chi connectivity index (χ1) is 14.5. The van der Waals surface area contributed by atoms with Gasteiger partial charge >= 0.3 is 0 Å². The molecular formula is C25H37N3O2. The Morgan fingerprint density at radius 1 is 1.13 bits per heavy atom. The van der Waals surface area contributed by atoms with Crippen LogP contribution in [0.5, 0.6) is 5.88 Å². The summed E-state index contributed by atoms with van der Waals surface area (Å²) in [7, 11) is 0. The minimum absolute atomic E-state index is 0.282. The molecule has 5 heteroatoms. The van der Waals surface area contributed by atoms with E-state index in [4.69, 9.17) is 9.73 Å². The number of ether oxygens (including phenoxy) is 1. The standard InChI is InChI=1S/C25H37N3O2/c1-17(2)15-19-5-6-23-21(16-19)24(22-7-11-27(18(3)4)12-10-26-22)25(29)28(23)20-8-13-30-14-9-20/h5-6,16-18,20,29H,7-15H2,1-4H3. The summed E-state index contributed by atoms with van der Waals surface area (Å²) in [5.41, 5.74) is 4.50. The molecule has 2 aliphatic rings.